The van der Waals surface area contributed by atoms with Crippen molar-refractivity contribution in [2.75, 3.05) is 19.0 Å². The van der Waals surface area contributed by atoms with Gasteiger partial charge < -0.3 is 9.47 Å². The van der Waals surface area contributed by atoms with Crippen LogP contribution in [0.3, 0.4) is 0 Å². The van der Waals surface area contributed by atoms with Crippen molar-refractivity contribution in [3.63, 3.8) is 0 Å². The second-order valence-corrected chi connectivity index (χ2v) is 4.01. The molecule has 0 amide bonds. The average molecular weight is 273 g/mol. The molecule has 0 aliphatic carbocycles. The first-order valence-electron chi connectivity index (χ1n) is 5.10. The molecule has 0 radical (unpaired) electrons. The topological polar surface area (TPSA) is 18.5 Å². The molecule has 1 unspecified atom stereocenters. The Balaban J connectivity index is 3.09. The summed E-state index contributed by atoms with van der Waals surface area (Å²) in [7, 11) is 1.68. The van der Waals surface area contributed by atoms with E-state index in [1.807, 2.05) is 19.1 Å². The molecule has 0 saturated heterocycles. The van der Waals surface area contributed by atoms with Crippen molar-refractivity contribution in [1.29, 1.82) is 0 Å². The monoisotopic (exact) mass is 272 g/mol. The summed E-state index contributed by atoms with van der Waals surface area (Å²) in [5, 5.41) is 0.916. The maximum Gasteiger partial charge on any atom is 0.164 e. The van der Waals surface area contributed by atoms with Gasteiger partial charge >= 0.3 is 0 Å². The molecule has 1 aromatic rings. The van der Waals surface area contributed by atoms with E-state index in [0.717, 1.165) is 16.8 Å². The lowest BCUT2D eigenvalue weighted by Crippen LogP contribution is -2.02. The van der Waals surface area contributed by atoms with Crippen molar-refractivity contribution in [2.24, 2.45) is 0 Å². The minimum absolute atomic E-state index is 0.417. The molecule has 1 rings (SSSR count). The Morgan fingerprint density at radius 2 is 2.13 bits per heavy atom. The highest BCUT2D eigenvalue weighted by Crippen LogP contribution is 2.35. The molecule has 0 N–H and O–H groups in total. The third-order valence-corrected chi connectivity index (χ3v) is 3.25. The van der Waals surface area contributed by atoms with Gasteiger partial charge in [-0.15, -0.1) is 0 Å². The number of methoxy groups -OCH3 is 1. The molecule has 0 bridgehead atoms. The first-order chi connectivity index (χ1) is 7.24. The highest BCUT2D eigenvalue weighted by Gasteiger charge is 2.14. The fourth-order valence-electron chi connectivity index (χ4n) is 1.49. The van der Waals surface area contributed by atoms with Crippen LogP contribution in [0.15, 0.2) is 18.2 Å². The number of benzene rings is 1. The van der Waals surface area contributed by atoms with Crippen LogP contribution in [-0.2, 0) is 0 Å². The van der Waals surface area contributed by atoms with Crippen molar-refractivity contribution in [3.8, 4) is 11.5 Å². The third-order valence-electron chi connectivity index (χ3n) is 2.28. The maximum atomic E-state index is 5.52. The molecule has 1 atom stereocenters. The SMILES string of the molecule is CCOc1cccc(C(C)CBr)c1OC. The van der Waals surface area contributed by atoms with Gasteiger partial charge in [0.05, 0.1) is 13.7 Å². The Morgan fingerprint density at radius 1 is 1.40 bits per heavy atom. The van der Waals surface area contributed by atoms with Crippen LogP contribution in [-0.4, -0.2) is 19.0 Å². The Morgan fingerprint density at radius 3 is 2.67 bits per heavy atom. The first kappa shape index (κ1) is 12.4. The summed E-state index contributed by atoms with van der Waals surface area (Å²) in [6.45, 7) is 4.78. The summed E-state index contributed by atoms with van der Waals surface area (Å²) in [5.74, 6) is 2.09. The Labute approximate surface area is 99.7 Å². The number of rotatable bonds is 5. The van der Waals surface area contributed by atoms with Gasteiger partial charge in [-0.1, -0.05) is 35.0 Å². The standard InChI is InChI=1S/C12H17BrO2/c1-4-15-11-7-5-6-10(9(2)8-13)12(11)14-3/h5-7,9H,4,8H2,1-3H3. The summed E-state index contributed by atoms with van der Waals surface area (Å²) < 4.78 is 10.9. The van der Waals surface area contributed by atoms with Gasteiger partial charge in [0.2, 0.25) is 0 Å². The van der Waals surface area contributed by atoms with Crippen molar-refractivity contribution in [1.82, 2.24) is 0 Å². The van der Waals surface area contributed by atoms with Crippen LogP contribution in [0, 0.1) is 0 Å². The van der Waals surface area contributed by atoms with Crippen molar-refractivity contribution in [3.05, 3.63) is 23.8 Å². The third kappa shape index (κ3) is 2.88. The Bertz CT molecular complexity index is 312. The molecular formula is C12H17BrO2. The highest BCUT2D eigenvalue weighted by atomic mass is 79.9. The summed E-state index contributed by atoms with van der Waals surface area (Å²) in [4.78, 5) is 0. The fourth-order valence-corrected chi connectivity index (χ4v) is 1.84. The van der Waals surface area contributed by atoms with Crippen LogP contribution < -0.4 is 9.47 Å². The summed E-state index contributed by atoms with van der Waals surface area (Å²) in [5.41, 5.74) is 1.18. The van der Waals surface area contributed by atoms with Crippen LogP contribution in [0.25, 0.3) is 0 Å². The molecule has 0 fully saturated rings. The van der Waals surface area contributed by atoms with Crippen LogP contribution in [0.5, 0.6) is 11.5 Å². The lowest BCUT2D eigenvalue weighted by atomic mass is 10.0. The van der Waals surface area contributed by atoms with E-state index in [1.165, 1.54) is 5.56 Å². The van der Waals surface area contributed by atoms with Gasteiger partial charge in [0, 0.05) is 10.9 Å². The van der Waals surface area contributed by atoms with E-state index in [-0.39, 0.29) is 0 Å². The Kier molecular flexibility index (Phi) is 4.95. The number of para-hydroxylation sites is 1. The van der Waals surface area contributed by atoms with Crippen LogP contribution in [0.1, 0.15) is 25.3 Å². The first-order valence-corrected chi connectivity index (χ1v) is 6.22. The smallest absolute Gasteiger partial charge is 0.164 e. The summed E-state index contributed by atoms with van der Waals surface area (Å²) in [6, 6.07) is 6.02. The van der Waals surface area contributed by atoms with E-state index in [4.69, 9.17) is 9.47 Å². The summed E-state index contributed by atoms with van der Waals surface area (Å²) >= 11 is 3.48. The molecule has 0 heterocycles. The van der Waals surface area contributed by atoms with Gasteiger partial charge in [0.1, 0.15) is 0 Å². The highest BCUT2D eigenvalue weighted by molar-refractivity contribution is 9.09. The van der Waals surface area contributed by atoms with E-state index in [1.54, 1.807) is 7.11 Å². The molecule has 84 valence electrons. The van der Waals surface area contributed by atoms with E-state index in [2.05, 4.69) is 28.9 Å². The van der Waals surface area contributed by atoms with E-state index < -0.39 is 0 Å². The molecule has 2 nitrogen and oxygen atoms in total. The number of ether oxygens (including phenoxy) is 2. The predicted molar refractivity (Wildman–Crippen MR) is 66.4 cm³/mol. The quantitative estimate of drug-likeness (QED) is 0.763. The lowest BCUT2D eigenvalue weighted by molar-refractivity contribution is 0.308. The molecular weight excluding hydrogens is 256 g/mol. The normalized spacial score (nSPS) is 12.3. The van der Waals surface area contributed by atoms with E-state index in [9.17, 15) is 0 Å². The fraction of sp³-hybridized carbons (Fsp3) is 0.500. The maximum absolute atomic E-state index is 5.52. The molecule has 1 aromatic carbocycles. The van der Waals surface area contributed by atoms with Crippen LogP contribution in [0.4, 0.5) is 0 Å². The largest absolute Gasteiger partial charge is 0.493 e. The van der Waals surface area contributed by atoms with E-state index >= 15 is 0 Å². The van der Waals surface area contributed by atoms with Crippen molar-refractivity contribution < 1.29 is 9.47 Å². The van der Waals surface area contributed by atoms with Crippen LogP contribution in [0.2, 0.25) is 0 Å². The predicted octanol–water partition coefficient (Wildman–Crippen LogP) is 3.59. The van der Waals surface area contributed by atoms with Crippen molar-refractivity contribution in [2.45, 2.75) is 19.8 Å². The number of halogens is 1. The zero-order valence-electron chi connectivity index (χ0n) is 9.42. The molecule has 0 saturated carbocycles. The Hall–Kier alpha value is -0.700. The molecule has 0 aliphatic rings. The number of alkyl halides is 1. The molecule has 3 heteroatoms. The second kappa shape index (κ2) is 6.01. The number of hydrogen-bond acceptors (Lipinski definition) is 2. The minimum Gasteiger partial charge on any atom is -0.493 e. The molecule has 0 aromatic heterocycles. The van der Waals surface area contributed by atoms with Gasteiger partial charge in [-0.05, 0) is 18.9 Å². The van der Waals surface area contributed by atoms with Crippen molar-refractivity contribution >= 4 is 15.9 Å². The van der Waals surface area contributed by atoms with Gasteiger partial charge in [-0.2, -0.15) is 0 Å². The van der Waals surface area contributed by atoms with Gasteiger partial charge in [-0.3, -0.25) is 0 Å². The van der Waals surface area contributed by atoms with E-state index in [0.29, 0.717) is 12.5 Å². The van der Waals surface area contributed by atoms with Gasteiger partial charge in [0.15, 0.2) is 11.5 Å². The van der Waals surface area contributed by atoms with Gasteiger partial charge in [0.25, 0.3) is 0 Å². The minimum atomic E-state index is 0.417. The molecule has 0 aliphatic heterocycles. The summed E-state index contributed by atoms with van der Waals surface area (Å²) in [6.07, 6.45) is 0. The zero-order valence-corrected chi connectivity index (χ0v) is 11.0. The second-order valence-electron chi connectivity index (χ2n) is 3.37. The van der Waals surface area contributed by atoms with Crippen LogP contribution >= 0.6 is 15.9 Å². The lowest BCUT2D eigenvalue weighted by Gasteiger charge is -2.16. The van der Waals surface area contributed by atoms with Gasteiger partial charge in [-0.25, -0.2) is 0 Å². The number of hydrogen-bond donors (Lipinski definition) is 0. The molecule has 15 heavy (non-hydrogen) atoms. The molecule has 0 spiro atoms. The zero-order chi connectivity index (χ0) is 11.3. The average Bonchev–Trinajstić information content (AvgIpc) is 2.28.